The molecular weight excluding hydrogens is 206 g/mol. The summed E-state index contributed by atoms with van der Waals surface area (Å²) < 4.78 is 0. The largest absolute Gasteiger partial charge is 0.388 e. The Labute approximate surface area is 96.2 Å². The highest BCUT2D eigenvalue weighted by Gasteiger charge is 2.37. The normalized spacial score (nSPS) is 40.1. The van der Waals surface area contributed by atoms with E-state index < -0.39 is 5.60 Å². The molecule has 3 unspecified atom stereocenters. The lowest BCUT2D eigenvalue weighted by Crippen LogP contribution is -2.59. The smallest absolute Gasteiger partial charge is 0.241 e. The molecule has 2 fully saturated rings. The fourth-order valence-electron chi connectivity index (χ4n) is 2.31. The predicted molar refractivity (Wildman–Crippen MR) is 61.1 cm³/mol. The lowest BCUT2D eigenvalue weighted by atomic mass is 10.1. The van der Waals surface area contributed by atoms with Gasteiger partial charge >= 0.3 is 0 Å². The number of amides is 1. The van der Waals surface area contributed by atoms with Gasteiger partial charge in [-0.1, -0.05) is 0 Å². The zero-order valence-electron chi connectivity index (χ0n) is 9.99. The van der Waals surface area contributed by atoms with Crippen molar-refractivity contribution in [2.45, 2.75) is 38.0 Å². The monoisotopic (exact) mass is 227 g/mol. The van der Waals surface area contributed by atoms with Crippen molar-refractivity contribution in [3.8, 4) is 0 Å². The number of nitrogens with one attached hydrogen (secondary N) is 2. The van der Waals surface area contributed by atoms with Crippen LogP contribution in [-0.2, 0) is 4.79 Å². The minimum atomic E-state index is -0.703. The van der Waals surface area contributed by atoms with Crippen LogP contribution in [0, 0.1) is 0 Å². The summed E-state index contributed by atoms with van der Waals surface area (Å²) in [6.45, 7) is 6.50. The number of carbonyl (C=O) groups is 1. The first-order valence-corrected chi connectivity index (χ1v) is 5.96. The maximum absolute atomic E-state index is 12.1. The van der Waals surface area contributed by atoms with E-state index in [4.69, 9.17) is 0 Å². The third-order valence-corrected chi connectivity index (χ3v) is 3.40. The van der Waals surface area contributed by atoms with Gasteiger partial charge in [0.05, 0.1) is 11.6 Å². The van der Waals surface area contributed by atoms with Crippen molar-refractivity contribution in [2.24, 2.45) is 0 Å². The third-order valence-electron chi connectivity index (χ3n) is 3.40. The van der Waals surface area contributed by atoms with E-state index in [0.29, 0.717) is 32.1 Å². The molecular formula is C11H21N3O2. The van der Waals surface area contributed by atoms with Gasteiger partial charge in [-0.3, -0.25) is 4.79 Å². The van der Waals surface area contributed by atoms with Crippen molar-refractivity contribution in [3.63, 3.8) is 0 Å². The van der Waals surface area contributed by atoms with Crippen LogP contribution in [0.3, 0.4) is 0 Å². The van der Waals surface area contributed by atoms with E-state index in [1.54, 1.807) is 11.8 Å². The highest BCUT2D eigenvalue weighted by molar-refractivity contribution is 5.82. The van der Waals surface area contributed by atoms with E-state index in [9.17, 15) is 9.90 Å². The van der Waals surface area contributed by atoms with Crippen molar-refractivity contribution in [1.29, 1.82) is 0 Å². The Morgan fingerprint density at radius 2 is 2.19 bits per heavy atom. The molecule has 5 nitrogen and oxygen atoms in total. The lowest BCUT2D eigenvalue weighted by Gasteiger charge is -2.31. The Hall–Kier alpha value is -0.650. The molecule has 2 rings (SSSR count). The van der Waals surface area contributed by atoms with Crippen LogP contribution in [0.4, 0.5) is 0 Å². The summed E-state index contributed by atoms with van der Waals surface area (Å²) >= 11 is 0. The molecule has 0 saturated carbocycles. The zero-order chi connectivity index (χ0) is 11.8. The minimum absolute atomic E-state index is 0.108. The Balaban J connectivity index is 1.89. The Kier molecular flexibility index (Phi) is 3.19. The number of hydrogen-bond acceptors (Lipinski definition) is 4. The van der Waals surface area contributed by atoms with Crippen LogP contribution in [0.1, 0.15) is 20.3 Å². The van der Waals surface area contributed by atoms with Gasteiger partial charge in [-0.2, -0.15) is 0 Å². The van der Waals surface area contributed by atoms with E-state index >= 15 is 0 Å². The van der Waals surface area contributed by atoms with Crippen LogP contribution < -0.4 is 10.6 Å². The number of nitrogens with zero attached hydrogens (tertiary/aromatic N) is 1. The number of aliphatic hydroxyl groups is 1. The summed E-state index contributed by atoms with van der Waals surface area (Å²) in [7, 11) is 0. The number of likely N-dealkylation sites (tertiary alicyclic amines) is 1. The molecule has 0 aliphatic carbocycles. The van der Waals surface area contributed by atoms with Gasteiger partial charge in [0.2, 0.25) is 5.91 Å². The van der Waals surface area contributed by atoms with Crippen molar-refractivity contribution in [1.82, 2.24) is 15.5 Å². The molecule has 2 aliphatic rings. The Morgan fingerprint density at radius 1 is 1.44 bits per heavy atom. The predicted octanol–water partition coefficient (Wildman–Crippen LogP) is -1.08. The van der Waals surface area contributed by atoms with Crippen LogP contribution in [0.25, 0.3) is 0 Å². The molecule has 92 valence electrons. The molecule has 2 heterocycles. The van der Waals surface area contributed by atoms with Crippen LogP contribution in [0.2, 0.25) is 0 Å². The summed E-state index contributed by atoms with van der Waals surface area (Å²) in [5.74, 6) is 0.108. The highest BCUT2D eigenvalue weighted by atomic mass is 16.3. The average molecular weight is 227 g/mol. The van der Waals surface area contributed by atoms with Gasteiger partial charge in [0.15, 0.2) is 0 Å². The van der Waals surface area contributed by atoms with E-state index in [-0.39, 0.29) is 11.9 Å². The number of carbonyl (C=O) groups excluding carboxylic acids is 1. The van der Waals surface area contributed by atoms with Gasteiger partial charge in [0, 0.05) is 32.2 Å². The second kappa shape index (κ2) is 4.31. The lowest BCUT2D eigenvalue weighted by molar-refractivity contribution is -0.133. The van der Waals surface area contributed by atoms with E-state index in [0.717, 1.165) is 6.54 Å². The van der Waals surface area contributed by atoms with Crippen LogP contribution >= 0.6 is 0 Å². The number of hydrogen-bond donors (Lipinski definition) is 3. The SMILES string of the molecule is CC1CNC(C(=O)N2CCC(C)(O)C2)CN1. The molecule has 16 heavy (non-hydrogen) atoms. The Morgan fingerprint density at radius 3 is 2.69 bits per heavy atom. The molecule has 2 saturated heterocycles. The van der Waals surface area contributed by atoms with Crippen molar-refractivity contribution >= 4 is 5.91 Å². The first-order valence-electron chi connectivity index (χ1n) is 5.96. The molecule has 0 bridgehead atoms. The standard InChI is InChI=1S/C11H21N3O2/c1-8-5-13-9(6-12-8)10(15)14-4-3-11(2,16)7-14/h8-9,12-13,16H,3-7H2,1-2H3. The highest BCUT2D eigenvalue weighted by Crippen LogP contribution is 2.20. The second-order valence-corrected chi connectivity index (χ2v) is 5.28. The summed E-state index contributed by atoms with van der Waals surface area (Å²) in [6.07, 6.45) is 0.676. The number of β-amino-alcohol motifs (C(OH)–C–C–N with tert-alkyl or cyclic N) is 1. The first-order chi connectivity index (χ1) is 7.48. The van der Waals surface area contributed by atoms with E-state index in [1.165, 1.54) is 0 Å². The van der Waals surface area contributed by atoms with Gasteiger partial charge < -0.3 is 20.6 Å². The quantitative estimate of drug-likeness (QED) is 0.533. The van der Waals surface area contributed by atoms with Gasteiger partial charge in [-0.05, 0) is 20.3 Å². The minimum Gasteiger partial charge on any atom is -0.388 e. The topological polar surface area (TPSA) is 64.6 Å². The second-order valence-electron chi connectivity index (χ2n) is 5.28. The van der Waals surface area contributed by atoms with Crippen LogP contribution in [0.5, 0.6) is 0 Å². The molecule has 2 aliphatic heterocycles. The molecule has 3 atom stereocenters. The molecule has 0 radical (unpaired) electrons. The summed E-state index contributed by atoms with van der Waals surface area (Å²) in [6, 6.07) is 0.288. The number of piperazine rings is 1. The maximum Gasteiger partial charge on any atom is 0.241 e. The van der Waals surface area contributed by atoms with Gasteiger partial charge in [0.25, 0.3) is 0 Å². The van der Waals surface area contributed by atoms with E-state index in [1.807, 2.05) is 0 Å². The van der Waals surface area contributed by atoms with Crippen molar-refractivity contribution in [3.05, 3.63) is 0 Å². The number of rotatable bonds is 1. The summed E-state index contributed by atoms with van der Waals surface area (Å²) in [5, 5.41) is 16.3. The first kappa shape index (κ1) is 11.8. The van der Waals surface area contributed by atoms with Crippen molar-refractivity contribution in [2.75, 3.05) is 26.2 Å². The average Bonchev–Trinajstić information content (AvgIpc) is 2.59. The van der Waals surface area contributed by atoms with Crippen LogP contribution in [-0.4, -0.2) is 59.8 Å². The molecule has 3 N–H and O–H groups in total. The molecule has 5 heteroatoms. The van der Waals surface area contributed by atoms with Gasteiger partial charge in [-0.25, -0.2) is 0 Å². The fraction of sp³-hybridized carbons (Fsp3) is 0.909. The maximum atomic E-state index is 12.1. The summed E-state index contributed by atoms with van der Waals surface area (Å²) in [4.78, 5) is 13.9. The third kappa shape index (κ3) is 2.53. The fourth-order valence-corrected chi connectivity index (χ4v) is 2.31. The zero-order valence-corrected chi connectivity index (χ0v) is 9.99. The molecule has 1 amide bonds. The van der Waals surface area contributed by atoms with Gasteiger partial charge in [0.1, 0.15) is 0 Å². The molecule has 0 spiro atoms. The van der Waals surface area contributed by atoms with E-state index in [2.05, 4.69) is 17.6 Å². The molecule has 0 aromatic rings. The van der Waals surface area contributed by atoms with Crippen LogP contribution in [0.15, 0.2) is 0 Å². The molecule has 0 aromatic heterocycles. The Bertz CT molecular complexity index is 272. The van der Waals surface area contributed by atoms with Crippen molar-refractivity contribution < 1.29 is 9.90 Å². The van der Waals surface area contributed by atoms with Gasteiger partial charge in [-0.15, -0.1) is 0 Å². The summed E-state index contributed by atoms with van der Waals surface area (Å²) in [5.41, 5.74) is -0.703. The molecule has 0 aromatic carbocycles.